The normalized spacial score (nSPS) is 18.1. The zero-order valence-corrected chi connectivity index (χ0v) is 60.3. The number of piperidine rings is 3. The van der Waals surface area contributed by atoms with Crippen molar-refractivity contribution in [1.82, 2.24) is 71.6 Å². The van der Waals surface area contributed by atoms with Gasteiger partial charge >= 0.3 is 0 Å². The molecule has 4 atom stereocenters. The van der Waals surface area contributed by atoms with Crippen molar-refractivity contribution in [3.63, 3.8) is 0 Å². The molecular weight excluding hydrogens is 1410 g/mol. The van der Waals surface area contributed by atoms with Crippen LogP contribution in [0.1, 0.15) is 61.5 Å². The molecule has 12 aromatic rings. The van der Waals surface area contributed by atoms with Crippen LogP contribution in [0, 0.1) is 13.8 Å². The summed E-state index contributed by atoms with van der Waals surface area (Å²) < 4.78 is 100.0. The molecular formula is C73H73N15O10S5. The van der Waals surface area contributed by atoms with E-state index in [1.54, 1.807) is 121 Å². The number of hydrogen-bond acceptors (Lipinski definition) is 27. The van der Waals surface area contributed by atoms with Crippen molar-refractivity contribution in [1.29, 1.82) is 0 Å². The Morgan fingerprint density at radius 1 is 0.466 bits per heavy atom. The summed E-state index contributed by atoms with van der Waals surface area (Å²) in [7, 11) is -10.1. The predicted molar refractivity (Wildman–Crippen MR) is 393 cm³/mol. The first-order valence-corrected chi connectivity index (χ1v) is 40.2. The average molecular weight is 1480 g/mol. The summed E-state index contributed by atoms with van der Waals surface area (Å²) in [6, 6.07) is 36.2. The van der Waals surface area contributed by atoms with Crippen molar-refractivity contribution in [2.24, 2.45) is 0 Å². The van der Waals surface area contributed by atoms with Crippen molar-refractivity contribution >= 4 is 58.0 Å². The molecule has 4 aliphatic rings. The van der Waals surface area contributed by atoms with Gasteiger partial charge in [0.1, 0.15) is 33.5 Å². The Labute approximate surface area is 603 Å². The molecule has 16 rings (SSSR count). The zero-order chi connectivity index (χ0) is 71.1. The number of nitrogens with one attached hydrogen (secondary N) is 4. The number of sulfone groups is 3. The van der Waals surface area contributed by atoms with Crippen molar-refractivity contribution in [3.05, 3.63) is 179 Å². The number of nitrogens with two attached hydrogens (primary N) is 1. The van der Waals surface area contributed by atoms with Gasteiger partial charge in [0.2, 0.25) is 0 Å². The van der Waals surface area contributed by atoms with Crippen LogP contribution in [0.2, 0.25) is 0 Å². The fraction of sp³-hybridized carbons (Fsp3) is 0.288. The van der Waals surface area contributed by atoms with Gasteiger partial charge in [-0.15, -0.1) is 11.3 Å². The van der Waals surface area contributed by atoms with Gasteiger partial charge in [-0.05, 0) is 125 Å². The van der Waals surface area contributed by atoms with Gasteiger partial charge in [0.15, 0.2) is 58.3 Å². The molecule has 0 saturated carbocycles. The summed E-state index contributed by atoms with van der Waals surface area (Å²) in [5, 5.41) is 30.9. The summed E-state index contributed by atoms with van der Waals surface area (Å²) in [5.74, 6) is 1.66. The van der Waals surface area contributed by atoms with Crippen LogP contribution in [-0.2, 0) is 34.2 Å². The number of thiophene rings is 1. The van der Waals surface area contributed by atoms with E-state index in [1.165, 1.54) is 11.3 Å². The van der Waals surface area contributed by atoms with E-state index in [-0.39, 0.29) is 22.4 Å². The van der Waals surface area contributed by atoms with Crippen LogP contribution < -0.4 is 27.0 Å². The molecule has 12 heterocycles. The SMILES string of the molecule is Cc1ncc(-c2ccc(S(=O)(=O)C3CCCNC3)cc2)nc1-c1cc(-c2ccsc2)no1.Cc1ncc(-c2ccc(S(=O)(=O)C3CCCNC3)cc2)nc1-c1cc(-c2nccs2)no1.Nc1ncc(-c2ccc(S(=O)(=O)C3CCCNC3)cc2)nc1-c1cc(-c2ccc(C3COCCN3)cc2)no1. The number of benzene rings is 4. The monoisotopic (exact) mass is 1480 g/mol. The number of nitrogens with zero attached hydrogens (tertiary/aromatic N) is 10. The van der Waals surface area contributed by atoms with E-state index in [1.807, 2.05) is 54.3 Å². The highest BCUT2D eigenvalue weighted by molar-refractivity contribution is 7.92. The van der Waals surface area contributed by atoms with Crippen molar-refractivity contribution in [2.45, 2.75) is 88.9 Å². The first kappa shape index (κ1) is 70.6. The van der Waals surface area contributed by atoms with Crippen LogP contribution in [0.4, 0.5) is 5.82 Å². The number of rotatable bonds is 16. The second kappa shape index (κ2) is 31.2. The summed E-state index contributed by atoms with van der Waals surface area (Å²) in [5.41, 5.74) is 18.4. The largest absolute Gasteiger partial charge is 0.382 e. The Balaban J connectivity index is 0.000000132. The van der Waals surface area contributed by atoms with E-state index in [2.05, 4.69) is 73.8 Å². The number of hydrogen-bond donors (Lipinski definition) is 5. The maximum absolute atomic E-state index is 13.0. The Morgan fingerprint density at radius 3 is 1.32 bits per heavy atom. The van der Waals surface area contributed by atoms with E-state index in [0.29, 0.717) is 129 Å². The number of aryl methyl sites for hydroxylation is 2. The molecule has 103 heavy (non-hydrogen) atoms. The number of thiazole rings is 1. The topological polar surface area (TPSA) is 354 Å². The van der Waals surface area contributed by atoms with Crippen LogP contribution in [0.3, 0.4) is 0 Å². The van der Waals surface area contributed by atoms with Gasteiger partial charge in [-0.25, -0.2) is 50.2 Å². The van der Waals surface area contributed by atoms with Gasteiger partial charge in [-0.2, -0.15) is 11.3 Å². The number of ether oxygens (including phenoxy) is 1. The first-order valence-electron chi connectivity index (χ1n) is 33.7. The summed E-state index contributed by atoms with van der Waals surface area (Å²) >= 11 is 3.08. The van der Waals surface area contributed by atoms with Gasteiger partial charge in [0.05, 0.1) is 96.8 Å². The highest BCUT2D eigenvalue weighted by Crippen LogP contribution is 2.36. The predicted octanol–water partition coefficient (Wildman–Crippen LogP) is 11.4. The molecule has 4 fully saturated rings. The lowest BCUT2D eigenvalue weighted by Gasteiger charge is -2.24. The molecule has 0 spiro atoms. The number of nitrogen functional groups attached to an aromatic ring is 1. The molecule has 4 aromatic carbocycles. The van der Waals surface area contributed by atoms with Gasteiger partial charge < -0.3 is 45.3 Å². The maximum atomic E-state index is 13.0. The van der Waals surface area contributed by atoms with E-state index in [9.17, 15) is 25.3 Å². The van der Waals surface area contributed by atoms with E-state index < -0.39 is 34.8 Å². The van der Waals surface area contributed by atoms with E-state index in [4.69, 9.17) is 34.0 Å². The molecule has 0 aliphatic carbocycles. The molecule has 6 N–H and O–H groups in total. The maximum Gasteiger partial charge on any atom is 0.189 e. The highest BCUT2D eigenvalue weighted by Gasteiger charge is 2.32. The number of aromatic nitrogens is 10. The van der Waals surface area contributed by atoms with Crippen LogP contribution in [-0.4, -0.2) is 150 Å². The Morgan fingerprint density at radius 2 is 0.893 bits per heavy atom. The Hall–Kier alpha value is -9.47. The Kier molecular flexibility index (Phi) is 21.4. The third-order valence-electron chi connectivity index (χ3n) is 18.4. The van der Waals surface area contributed by atoms with Crippen LogP contribution in [0.15, 0.2) is 191 Å². The molecule has 530 valence electrons. The van der Waals surface area contributed by atoms with E-state index >= 15 is 0 Å². The molecule has 8 aromatic heterocycles. The van der Waals surface area contributed by atoms with Gasteiger partial charge in [-0.1, -0.05) is 76.1 Å². The Bertz CT molecular complexity index is 5020. The lowest BCUT2D eigenvalue weighted by atomic mass is 10.0. The van der Waals surface area contributed by atoms with Crippen molar-refractivity contribution in [2.75, 3.05) is 64.8 Å². The smallest absolute Gasteiger partial charge is 0.189 e. The van der Waals surface area contributed by atoms with Gasteiger partial charge in [0, 0.05) is 89.2 Å². The first-order chi connectivity index (χ1) is 50.0. The third kappa shape index (κ3) is 15.9. The molecule has 4 unspecified atom stereocenters. The summed E-state index contributed by atoms with van der Waals surface area (Å²) in [6.07, 6.45) is 11.3. The highest BCUT2D eigenvalue weighted by atomic mass is 32.2. The fourth-order valence-corrected chi connectivity index (χ4v) is 19.0. The molecule has 0 radical (unpaired) electrons. The third-order valence-corrected chi connectivity index (χ3v) is 26.6. The second-order valence-electron chi connectivity index (χ2n) is 25.3. The average Bonchev–Trinajstić information content (AvgIpc) is 1.71. The number of anilines is 1. The van der Waals surface area contributed by atoms with Gasteiger partial charge in [0.25, 0.3) is 0 Å². The minimum atomic E-state index is -3.40. The van der Waals surface area contributed by atoms with Crippen molar-refractivity contribution in [3.8, 4) is 101 Å². The van der Waals surface area contributed by atoms with Gasteiger partial charge in [-0.3, -0.25) is 9.97 Å². The summed E-state index contributed by atoms with van der Waals surface area (Å²) in [4.78, 5) is 32.6. The molecule has 4 saturated heterocycles. The minimum Gasteiger partial charge on any atom is -0.382 e. The van der Waals surface area contributed by atoms with Crippen LogP contribution in [0.25, 0.3) is 101 Å². The molecule has 4 aliphatic heterocycles. The van der Waals surface area contributed by atoms with E-state index in [0.717, 1.165) is 102 Å². The van der Waals surface area contributed by atoms with Crippen LogP contribution >= 0.6 is 22.7 Å². The minimum absolute atomic E-state index is 0.178. The van der Waals surface area contributed by atoms with Crippen LogP contribution in [0.5, 0.6) is 0 Å². The molecule has 30 heteroatoms. The lowest BCUT2D eigenvalue weighted by molar-refractivity contribution is 0.0769. The second-order valence-corrected chi connectivity index (χ2v) is 33.6. The molecule has 25 nitrogen and oxygen atoms in total. The lowest BCUT2D eigenvalue weighted by Crippen LogP contribution is -2.38. The molecule has 0 amide bonds. The quantitative estimate of drug-likeness (QED) is 0.0600. The number of morpholine rings is 1. The standard InChI is InChI=1S/C28H30N6O4S.C23H22N4O3S2.C22H21N5O3S2/c29-28-27(26-14-23(34-38-26)18-3-5-20(6-4-18)25-17-37-13-12-31-25)33-24(16-32-28)19-7-9-21(10-8-19)39(35,36)22-2-1-11-30-15-22;1-15-23(22-11-20(27-30-22)17-8-10-31-14-17)26-21(13-25-15)16-4-6-18(7-5-16)32(28,29)19-3-2-9-24-12-19;1-14-21(20-11-18(27-30-20)22-24-9-10-31-22)26-19(13-25-14)15-4-6-16(7-5-15)32(28,29)17-3-2-8-23-12-17/h3-10,14,16,22,25,30-31H,1-2,11-13,15,17H2,(H2,29,32);4-8,10-11,13-14,19,24H,2-3,9,12H2,1H3;4-7,9-11,13,17,23H,2-3,8,12H2,1H3. The molecule has 0 bridgehead atoms. The fourth-order valence-electron chi connectivity index (χ4n) is 12.6. The van der Waals surface area contributed by atoms with Crippen molar-refractivity contribution < 1.29 is 43.6 Å². The summed E-state index contributed by atoms with van der Waals surface area (Å²) in [6.45, 7) is 10.0. The zero-order valence-electron chi connectivity index (χ0n) is 56.2.